The Hall–Kier alpha value is -4.55. The third kappa shape index (κ3) is 4.55. The molecule has 3 aromatic rings. The average molecular weight is 509 g/mol. The van der Waals surface area contributed by atoms with Crippen molar-refractivity contribution < 1.29 is 28.3 Å². The normalized spacial score (nSPS) is 17.0. The Labute approximate surface area is 210 Å². The van der Waals surface area contributed by atoms with Crippen LogP contribution in [0.2, 0.25) is 0 Å². The summed E-state index contributed by atoms with van der Waals surface area (Å²) in [5, 5.41) is 11.8. The molecule has 192 valence electrons. The topological polar surface area (TPSA) is 147 Å². The monoisotopic (exact) mass is 509 g/mol. The van der Waals surface area contributed by atoms with E-state index in [0.717, 1.165) is 10.7 Å². The molecule has 1 saturated heterocycles. The molecule has 37 heavy (non-hydrogen) atoms. The average Bonchev–Trinajstić information content (AvgIpc) is 3.23. The number of nitrogens with zero attached hydrogens (tertiary/aromatic N) is 4. The summed E-state index contributed by atoms with van der Waals surface area (Å²) in [7, 11) is 0. The first kappa shape index (κ1) is 24.2. The number of ether oxygens (including phenoxy) is 1. The molecule has 2 aliphatic rings. The highest BCUT2D eigenvalue weighted by Gasteiger charge is 2.43. The summed E-state index contributed by atoms with van der Waals surface area (Å²) in [4.78, 5) is 55.6. The lowest BCUT2D eigenvalue weighted by Crippen LogP contribution is -2.68. The Bertz CT molecular complexity index is 1460. The SMILES string of the molecule is CC(C)(C)N1CC(NC(=O)c2cc(C(=O)NCc3ccc4c(c3)NC(=O)CO4)nc3c(F)cnn23)C1=O. The minimum atomic E-state index is -0.812. The number of β-lactam (4-membered cyclic amide) rings is 1. The zero-order chi connectivity index (χ0) is 26.5. The van der Waals surface area contributed by atoms with Gasteiger partial charge in [0.15, 0.2) is 18.1 Å². The molecule has 2 aromatic heterocycles. The van der Waals surface area contributed by atoms with Gasteiger partial charge in [-0.25, -0.2) is 13.9 Å². The van der Waals surface area contributed by atoms with Gasteiger partial charge >= 0.3 is 0 Å². The summed E-state index contributed by atoms with van der Waals surface area (Å²) in [6.45, 7) is 6.00. The molecule has 0 saturated carbocycles. The van der Waals surface area contributed by atoms with Gasteiger partial charge in [0.25, 0.3) is 17.7 Å². The van der Waals surface area contributed by atoms with Gasteiger partial charge in [-0.05, 0) is 38.5 Å². The number of nitrogens with one attached hydrogen (secondary N) is 3. The van der Waals surface area contributed by atoms with E-state index in [-0.39, 0.29) is 47.5 Å². The highest BCUT2D eigenvalue weighted by atomic mass is 19.1. The Morgan fingerprint density at radius 1 is 1.22 bits per heavy atom. The van der Waals surface area contributed by atoms with Crippen LogP contribution in [-0.4, -0.2) is 67.9 Å². The lowest BCUT2D eigenvalue weighted by atomic mass is 9.96. The van der Waals surface area contributed by atoms with Gasteiger partial charge in [-0.1, -0.05) is 6.07 Å². The summed E-state index contributed by atoms with van der Waals surface area (Å²) in [6, 6.07) is 5.51. The molecule has 12 nitrogen and oxygen atoms in total. The molecular formula is C24H24FN7O5. The number of anilines is 1. The number of hydrogen-bond donors (Lipinski definition) is 3. The van der Waals surface area contributed by atoms with Crippen molar-refractivity contribution >= 4 is 35.0 Å². The van der Waals surface area contributed by atoms with Crippen LogP contribution in [-0.2, 0) is 16.1 Å². The Morgan fingerprint density at radius 3 is 2.73 bits per heavy atom. The van der Waals surface area contributed by atoms with Crippen LogP contribution in [0.5, 0.6) is 5.75 Å². The quantitative estimate of drug-likeness (QED) is 0.433. The number of aromatic nitrogens is 3. The smallest absolute Gasteiger partial charge is 0.270 e. The van der Waals surface area contributed by atoms with Crippen LogP contribution >= 0.6 is 0 Å². The fourth-order valence-corrected chi connectivity index (χ4v) is 4.10. The fourth-order valence-electron chi connectivity index (χ4n) is 4.10. The molecule has 3 N–H and O–H groups in total. The van der Waals surface area contributed by atoms with Gasteiger partial charge in [0.05, 0.1) is 18.4 Å². The second kappa shape index (κ2) is 8.84. The van der Waals surface area contributed by atoms with E-state index in [0.29, 0.717) is 23.5 Å². The van der Waals surface area contributed by atoms with E-state index in [9.17, 15) is 23.6 Å². The molecule has 4 heterocycles. The van der Waals surface area contributed by atoms with E-state index in [1.54, 1.807) is 23.1 Å². The van der Waals surface area contributed by atoms with Crippen molar-refractivity contribution in [3.63, 3.8) is 0 Å². The molecule has 1 aromatic carbocycles. The molecule has 0 spiro atoms. The number of rotatable bonds is 5. The van der Waals surface area contributed by atoms with Crippen LogP contribution in [0.25, 0.3) is 5.65 Å². The van der Waals surface area contributed by atoms with Crippen LogP contribution in [0.15, 0.2) is 30.5 Å². The minimum Gasteiger partial charge on any atom is -0.482 e. The van der Waals surface area contributed by atoms with Crippen LogP contribution in [0.3, 0.4) is 0 Å². The molecule has 0 radical (unpaired) electrons. The molecule has 0 bridgehead atoms. The Balaban J connectivity index is 1.33. The first-order chi connectivity index (χ1) is 17.5. The first-order valence-electron chi connectivity index (χ1n) is 11.5. The van der Waals surface area contributed by atoms with Crippen molar-refractivity contribution in [2.45, 2.75) is 38.9 Å². The number of amides is 4. The number of carbonyl (C=O) groups excluding carboxylic acids is 4. The molecule has 2 aliphatic heterocycles. The number of halogens is 1. The van der Waals surface area contributed by atoms with Crippen molar-refractivity contribution in [1.29, 1.82) is 0 Å². The number of likely N-dealkylation sites (tertiary alicyclic amines) is 1. The van der Waals surface area contributed by atoms with E-state index in [1.807, 2.05) is 20.8 Å². The molecule has 13 heteroatoms. The van der Waals surface area contributed by atoms with Crippen LogP contribution in [0, 0.1) is 5.82 Å². The van der Waals surface area contributed by atoms with Crippen LogP contribution in [0.4, 0.5) is 10.1 Å². The minimum absolute atomic E-state index is 0.0668. The second-order valence-electron chi connectivity index (χ2n) is 9.75. The van der Waals surface area contributed by atoms with Crippen molar-refractivity contribution in [1.82, 2.24) is 30.1 Å². The zero-order valence-corrected chi connectivity index (χ0v) is 20.3. The van der Waals surface area contributed by atoms with Crippen molar-refractivity contribution in [2.24, 2.45) is 0 Å². The van der Waals surface area contributed by atoms with Crippen LogP contribution < -0.4 is 20.7 Å². The number of hydrogen-bond acceptors (Lipinski definition) is 7. The number of benzene rings is 1. The Morgan fingerprint density at radius 2 is 2.00 bits per heavy atom. The maximum absolute atomic E-state index is 14.3. The standard InChI is InChI=1S/C24H24FN7O5/c1-24(2,3)31-10-16(23(31)36)30-22(35)17-7-15(29-20-13(25)9-27-32(17)20)21(34)26-8-12-4-5-18-14(6-12)28-19(33)11-37-18/h4-7,9,16H,8,10-11H2,1-3H3,(H,26,34)(H,28,33)(H,30,35). The van der Waals surface area contributed by atoms with Gasteiger partial charge in [-0.3, -0.25) is 19.2 Å². The summed E-state index contributed by atoms with van der Waals surface area (Å²) in [6.07, 6.45) is 0.889. The summed E-state index contributed by atoms with van der Waals surface area (Å²) in [5.41, 5.74) is 0.119. The maximum atomic E-state index is 14.3. The highest BCUT2D eigenvalue weighted by Crippen LogP contribution is 2.28. The fraction of sp³-hybridized carbons (Fsp3) is 0.333. The molecule has 4 amide bonds. The van der Waals surface area contributed by atoms with Gasteiger partial charge in [0.1, 0.15) is 23.2 Å². The molecule has 1 atom stereocenters. The van der Waals surface area contributed by atoms with Crippen molar-refractivity contribution in [3.05, 3.63) is 53.2 Å². The molecular weight excluding hydrogens is 485 g/mol. The number of fused-ring (bicyclic) bond motifs is 2. The highest BCUT2D eigenvalue weighted by molar-refractivity contribution is 6.01. The van der Waals surface area contributed by atoms with Crippen LogP contribution in [0.1, 0.15) is 47.3 Å². The lowest BCUT2D eigenvalue weighted by molar-refractivity contribution is -0.150. The predicted octanol–water partition coefficient (Wildman–Crippen LogP) is 0.868. The zero-order valence-electron chi connectivity index (χ0n) is 20.3. The van der Waals surface area contributed by atoms with E-state index < -0.39 is 23.7 Å². The van der Waals surface area contributed by atoms with Gasteiger partial charge in [-0.2, -0.15) is 5.10 Å². The van der Waals surface area contributed by atoms with Gasteiger partial charge < -0.3 is 25.6 Å². The molecule has 5 rings (SSSR count). The number of carbonyl (C=O) groups is 4. The lowest BCUT2D eigenvalue weighted by Gasteiger charge is -2.47. The van der Waals surface area contributed by atoms with Crippen molar-refractivity contribution in [2.75, 3.05) is 18.5 Å². The summed E-state index contributed by atoms with van der Waals surface area (Å²) >= 11 is 0. The van der Waals surface area contributed by atoms with Gasteiger partial charge in [0, 0.05) is 18.2 Å². The maximum Gasteiger partial charge on any atom is 0.270 e. The van der Waals surface area contributed by atoms with E-state index in [2.05, 4.69) is 26.0 Å². The van der Waals surface area contributed by atoms with E-state index in [4.69, 9.17) is 4.74 Å². The van der Waals surface area contributed by atoms with E-state index >= 15 is 0 Å². The first-order valence-corrected chi connectivity index (χ1v) is 11.5. The summed E-state index contributed by atoms with van der Waals surface area (Å²) < 4.78 is 20.6. The van der Waals surface area contributed by atoms with E-state index in [1.165, 1.54) is 6.07 Å². The molecule has 1 fully saturated rings. The third-order valence-corrected chi connectivity index (χ3v) is 6.07. The van der Waals surface area contributed by atoms with Crippen molar-refractivity contribution in [3.8, 4) is 5.75 Å². The third-order valence-electron chi connectivity index (χ3n) is 6.07. The largest absolute Gasteiger partial charge is 0.482 e. The molecule has 1 unspecified atom stereocenters. The Kier molecular flexibility index (Phi) is 5.77. The van der Waals surface area contributed by atoms with Gasteiger partial charge in [-0.15, -0.1) is 0 Å². The van der Waals surface area contributed by atoms with Gasteiger partial charge in [0.2, 0.25) is 5.91 Å². The predicted molar refractivity (Wildman–Crippen MR) is 127 cm³/mol. The second-order valence-corrected chi connectivity index (χ2v) is 9.75. The molecule has 0 aliphatic carbocycles. The summed E-state index contributed by atoms with van der Waals surface area (Å²) in [5.74, 6) is -2.16.